The van der Waals surface area contributed by atoms with E-state index in [1.165, 1.54) is 9.71 Å². The van der Waals surface area contributed by atoms with Crippen molar-refractivity contribution in [3.8, 4) is 0 Å². The van der Waals surface area contributed by atoms with Gasteiger partial charge in [0.05, 0.1) is 28.4 Å². The molecule has 4 rings (SSSR count). The highest BCUT2D eigenvalue weighted by atomic mass is 32.1. The molecule has 3 heterocycles. The van der Waals surface area contributed by atoms with Gasteiger partial charge in [0.1, 0.15) is 0 Å². The van der Waals surface area contributed by atoms with Crippen molar-refractivity contribution in [2.24, 2.45) is 0 Å². The van der Waals surface area contributed by atoms with Crippen LogP contribution in [0.25, 0.3) is 10.2 Å². The van der Waals surface area contributed by atoms with Crippen molar-refractivity contribution < 1.29 is 9.53 Å². The van der Waals surface area contributed by atoms with E-state index in [1.54, 1.807) is 11.3 Å². The second kappa shape index (κ2) is 6.45. The normalized spacial score (nSPS) is 20.2. The molecule has 5 nitrogen and oxygen atoms in total. The summed E-state index contributed by atoms with van der Waals surface area (Å²) in [7, 11) is 0. The zero-order valence-corrected chi connectivity index (χ0v) is 13.9. The zero-order valence-electron chi connectivity index (χ0n) is 13.1. The van der Waals surface area contributed by atoms with E-state index >= 15 is 0 Å². The van der Waals surface area contributed by atoms with E-state index in [2.05, 4.69) is 18.2 Å². The molecule has 0 aliphatic carbocycles. The summed E-state index contributed by atoms with van der Waals surface area (Å²) in [4.78, 5) is 21.2. The molecule has 2 aliphatic heterocycles. The fourth-order valence-corrected chi connectivity index (χ4v) is 4.47. The predicted octanol–water partition coefficient (Wildman–Crippen LogP) is 2.93. The van der Waals surface area contributed by atoms with Crippen molar-refractivity contribution in [2.75, 3.05) is 39.4 Å². The van der Waals surface area contributed by atoms with Gasteiger partial charge < -0.3 is 14.5 Å². The van der Waals surface area contributed by atoms with E-state index in [0.717, 1.165) is 44.5 Å². The first kappa shape index (κ1) is 14.9. The molecule has 2 fully saturated rings. The maximum absolute atomic E-state index is 12.5. The molecule has 6 heteroatoms. The Balaban J connectivity index is 1.39. The minimum Gasteiger partial charge on any atom is -0.378 e. The molecule has 0 radical (unpaired) electrons. The maximum atomic E-state index is 12.5. The average Bonchev–Trinajstić information content (AvgIpc) is 3.06. The number of rotatable bonds is 1. The highest BCUT2D eigenvalue weighted by molar-refractivity contribution is 7.18. The smallest absolute Gasteiger partial charge is 0.320 e. The van der Waals surface area contributed by atoms with Gasteiger partial charge in [-0.15, -0.1) is 11.3 Å². The summed E-state index contributed by atoms with van der Waals surface area (Å²) in [6.07, 6.45) is 2.02. The molecule has 122 valence electrons. The second-order valence-corrected chi connectivity index (χ2v) is 7.23. The first-order chi connectivity index (χ1) is 11.3. The summed E-state index contributed by atoms with van der Waals surface area (Å²) < 4.78 is 6.58. The van der Waals surface area contributed by atoms with Gasteiger partial charge in [-0.1, -0.05) is 12.1 Å². The largest absolute Gasteiger partial charge is 0.378 e. The summed E-state index contributed by atoms with van der Waals surface area (Å²) in [5.74, 6) is 0.487. The fourth-order valence-electron chi connectivity index (χ4n) is 3.34. The van der Waals surface area contributed by atoms with Crippen LogP contribution in [0.3, 0.4) is 0 Å². The Morgan fingerprint density at radius 1 is 1.09 bits per heavy atom. The zero-order chi connectivity index (χ0) is 15.6. The van der Waals surface area contributed by atoms with E-state index in [-0.39, 0.29) is 6.03 Å². The lowest BCUT2D eigenvalue weighted by atomic mass is 9.98. The fraction of sp³-hybridized carbons (Fsp3) is 0.529. The number of carbonyl (C=O) groups is 1. The highest BCUT2D eigenvalue weighted by Crippen LogP contribution is 2.33. The van der Waals surface area contributed by atoms with Gasteiger partial charge in [-0.3, -0.25) is 0 Å². The Labute approximate surface area is 139 Å². The molecule has 1 aromatic heterocycles. The van der Waals surface area contributed by atoms with E-state index in [0.29, 0.717) is 19.1 Å². The van der Waals surface area contributed by atoms with Crippen molar-refractivity contribution >= 4 is 27.6 Å². The molecule has 23 heavy (non-hydrogen) atoms. The first-order valence-corrected chi connectivity index (χ1v) is 9.10. The number of thiazole rings is 1. The Hall–Kier alpha value is -1.66. The van der Waals surface area contributed by atoms with Crippen LogP contribution in [0.15, 0.2) is 24.3 Å². The van der Waals surface area contributed by atoms with Gasteiger partial charge in [0.15, 0.2) is 0 Å². The van der Waals surface area contributed by atoms with E-state index in [4.69, 9.17) is 9.72 Å². The van der Waals surface area contributed by atoms with Gasteiger partial charge in [0.25, 0.3) is 0 Å². The number of ether oxygens (including phenoxy) is 1. The Kier molecular flexibility index (Phi) is 4.18. The van der Waals surface area contributed by atoms with Gasteiger partial charge >= 0.3 is 6.03 Å². The average molecular weight is 331 g/mol. The number of para-hydroxylation sites is 1. The van der Waals surface area contributed by atoms with Crippen LogP contribution < -0.4 is 0 Å². The summed E-state index contributed by atoms with van der Waals surface area (Å²) in [5, 5.41) is 1.23. The molecule has 2 saturated heterocycles. The molecule has 2 amide bonds. The SMILES string of the molecule is O=C(N1CCOCC1)N1CCC(c2nc3ccccc3s2)CC1. The summed E-state index contributed by atoms with van der Waals surface area (Å²) in [5.41, 5.74) is 1.10. The van der Waals surface area contributed by atoms with Crippen LogP contribution in [0.4, 0.5) is 4.79 Å². The monoisotopic (exact) mass is 331 g/mol. The lowest BCUT2D eigenvalue weighted by Gasteiger charge is -2.36. The molecule has 0 saturated carbocycles. The number of morpholine rings is 1. The minimum atomic E-state index is 0.177. The Morgan fingerprint density at radius 2 is 1.78 bits per heavy atom. The lowest BCUT2D eigenvalue weighted by Crippen LogP contribution is -2.50. The predicted molar refractivity (Wildman–Crippen MR) is 91.0 cm³/mol. The number of piperidine rings is 1. The quantitative estimate of drug-likeness (QED) is 0.807. The highest BCUT2D eigenvalue weighted by Gasteiger charge is 2.29. The maximum Gasteiger partial charge on any atom is 0.320 e. The van der Waals surface area contributed by atoms with Crippen molar-refractivity contribution in [3.05, 3.63) is 29.3 Å². The van der Waals surface area contributed by atoms with Crippen LogP contribution in [0, 0.1) is 0 Å². The molecule has 0 unspecified atom stereocenters. The molecule has 0 atom stereocenters. The summed E-state index contributed by atoms with van der Waals surface area (Å²) in [6, 6.07) is 8.49. The minimum absolute atomic E-state index is 0.177. The molecule has 2 aromatic rings. The number of likely N-dealkylation sites (tertiary alicyclic amines) is 1. The number of carbonyl (C=O) groups excluding carboxylic acids is 1. The number of urea groups is 1. The molecule has 0 bridgehead atoms. The molecular formula is C17H21N3O2S. The van der Waals surface area contributed by atoms with E-state index < -0.39 is 0 Å². The van der Waals surface area contributed by atoms with Crippen LogP contribution in [-0.4, -0.2) is 60.2 Å². The topological polar surface area (TPSA) is 45.7 Å². The van der Waals surface area contributed by atoms with Gasteiger partial charge in [0, 0.05) is 32.1 Å². The number of aromatic nitrogens is 1. The van der Waals surface area contributed by atoms with Crippen LogP contribution in [0.1, 0.15) is 23.8 Å². The Bertz CT molecular complexity index is 655. The second-order valence-electron chi connectivity index (χ2n) is 6.16. The standard InChI is InChI=1S/C17H21N3O2S/c21-17(20-9-11-22-12-10-20)19-7-5-13(6-8-19)16-18-14-3-1-2-4-15(14)23-16/h1-4,13H,5-12H2. The van der Waals surface area contributed by atoms with E-state index in [9.17, 15) is 4.79 Å². The van der Waals surface area contributed by atoms with E-state index in [1.807, 2.05) is 15.9 Å². The van der Waals surface area contributed by atoms with Crippen LogP contribution >= 0.6 is 11.3 Å². The van der Waals surface area contributed by atoms with Crippen molar-refractivity contribution in [1.82, 2.24) is 14.8 Å². The van der Waals surface area contributed by atoms with Crippen molar-refractivity contribution in [2.45, 2.75) is 18.8 Å². The third-order valence-corrected chi connectivity index (χ3v) is 5.91. The number of fused-ring (bicyclic) bond motifs is 1. The number of amides is 2. The van der Waals surface area contributed by atoms with Gasteiger partial charge in [-0.05, 0) is 25.0 Å². The summed E-state index contributed by atoms with van der Waals surface area (Å²) in [6.45, 7) is 4.42. The van der Waals surface area contributed by atoms with Crippen LogP contribution in [0.5, 0.6) is 0 Å². The van der Waals surface area contributed by atoms with Crippen molar-refractivity contribution in [3.63, 3.8) is 0 Å². The number of hydrogen-bond donors (Lipinski definition) is 0. The van der Waals surface area contributed by atoms with Gasteiger partial charge in [-0.25, -0.2) is 9.78 Å². The molecule has 0 N–H and O–H groups in total. The Morgan fingerprint density at radius 3 is 2.52 bits per heavy atom. The number of benzene rings is 1. The molecule has 0 spiro atoms. The summed E-state index contributed by atoms with van der Waals surface area (Å²) >= 11 is 1.80. The third kappa shape index (κ3) is 3.05. The van der Waals surface area contributed by atoms with Gasteiger partial charge in [-0.2, -0.15) is 0 Å². The van der Waals surface area contributed by atoms with Crippen molar-refractivity contribution in [1.29, 1.82) is 0 Å². The van der Waals surface area contributed by atoms with Gasteiger partial charge in [0.2, 0.25) is 0 Å². The van der Waals surface area contributed by atoms with Crippen LogP contribution in [-0.2, 0) is 4.74 Å². The molecule has 1 aromatic carbocycles. The van der Waals surface area contributed by atoms with Crippen LogP contribution in [0.2, 0.25) is 0 Å². The molecular weight excluding hydrogens is 310 g/mol. The third-order valence-electron chi connectivity index (χ3n) is 4.71. The first-order valence-electron chi connectivity index (χ1n) is 8.28. The lowest BCUT2D eigenvalue weighted by molar-refractivity contribution is 0.0411. The number of hydrogen-bond acceptors (Lipinski definition) is 4. The number of nitrogens with zero attached hydrogens (tertiary/aromatic N) is 3. The molecule has 2 aliphatic rings.